The molecule has 1 N–H and O–H groups in total. The Kier molecular flexibility index (Phi) is 7.45. The van der Waals surface area contributed by atoms with Crippen LogP contribution in [0.5, 0.6) is 11.5 Å². The molecule has 0 saturated heterocycles. The Hall–Kier alpha value is -1.22. The van der Waals surface area contributed by atoms with E-state index >= 15 is 0 Å². The number of rotatable bonds is 9. The number of benzene rings is 1. The second-order valence-electron chi connectivity index (χ2n) is 5.41. The lowest BCUT2D eigenvalue weighted by molar-refractivity contribution is 0.244. The maximum Gasteiger partial charge on any atom is 0.161 e. The van der Waals surface area contributed by atoms with Gasteiger partial charge in [-0.25, -0.2) is 0 Å². The van der Waals surface area contributed by atoms with E-state index in [4.69, 9.17) is 9.47 Å². The van der Waals surface area contributed by atoms with E-state index in [9.17, 15) is 0 Å². The lowest BCUT2D eigenvalue weighted by Gasteiger charge is -2.18. The third-order valence-electron chi connectivity index (χ3n) is 3.61. The maximum absolute atomic E-state index is 5.85. The molecule has 3 heteroatoms. The molecule has 0 aliphatic carbocycles. The number of hydrogen-bond acceptors (Lipinski definition) is 3. The molecule has 0 fully saturated rings. The Morgan fingerprint density at radius 2 is 1.90 bits per heavy atom. The van der Waals surface area contributed by atoms with E-state index in [0.717, 1.165) is 37.5 Å². The molecule has 1 aromatic carbocycles. The molecule has 0 saturated carbocycles. The van der Waals surface area contributed by atoms with Crippen LogP contribution in [-0.4, -0.2) is 20.3 Å². The van der Waals surface area contributed by atoms with Crippen LogP contribution in [0.25, 0.3) is 0 Å². The Bertz CT molecular complexity index is 393. The van der Waals surface area contributed by atoms with Crippen molar-refractivity contribution in [2.75, 3.05) is 20.3 Å². The van der Waals surface area contributed by atoms with Gasteiger partial charge >= 0.3 is 0 Å². The molecule has 114 valence electrons. The van der Waals surface area contributed by atoms with Crippen molar-refractivity contribution in [1.82, 2.24) is 5.32 Å². The van der Waals surface area contributed by atoms with Gasteiger partial charge in [0.25, 0.3) is 0 Å². The van der Waals surface area contributed by atoms with E-state index in [2.05, 4.69) is 45.1 Å². The first-order valence-corrected chi connectivity index (χ1v) is 7.66. The summed E-state index contributed by atoms with van der Waals surface area (Å²) in [4.78, 5) is 0. The summed E-state index contributed by atoms with van der Waals surface area (Å²) in [5.41, 5.74) is 1.23. The fourth-order valence-corrected chi connectivity index (χ4v) is 1.90. The Labute approximate surface area is 123 Å². The second kappa shape index (κ2) is 8.85. The largest absolute Gasteiger partial charge is 0.493 e. The summed E-state index contributed by atoms with van der Waals surface area (Å²) in [5, 5.41) is 3.48. The molecule has 0 aliphatic rings. The molecule has 3 nitrogen and oxygen atoms in total. The van der Waals surface area contributed by atoms with Crippen molar-refractivity contribution in [2.24, 2.45) is 5.92 Å². The van der Waals surface area contributed by atoms with E-state index in [-0.39, 0.29) is 0 Å². The predicted octanol–water partition coefficient (Wildman–Crippen LogP) is 4.18. The smallest absolute Gasteiger partial charge is 0.161 e. The summed E-state index contributed by atoms with van der Waals surface area (Å²) in [7, 11) is 1.69. The minimum Gasteiger partial charge on any atom is -0.493 e. The topological polar surface area (TPSA) is 30.5 Å². The third kappa shape index (κ3) is 5.04. The van der Waals surface area contributed by atoms with Gasteiger partial charge in [0.2, 0.25) is 0 Å². The molecule has 2 atom stereocenters. The van der Waals surface area contributed by atoms with Gasteiger partial charge in [0.1, 0.15) is 0 Å². The summed E-state index contributed by atoms with van der Waals surface area (Å²) in [6.07, 6.45) is 2.26. The fourth-order valence-electron chi connectivity index (χ4n) is 1.90. The van der Waals surface area contributed by atoms with Crippen LogP contribution in [0.2, 0.25) is 0 Å². The molecule has 0 bridgehead atoms. The normalized spacial score (nSPS) is 13.8. The first-order chi connectivity index (χ1) is 9.62. The maximum atomic E-state index is 5.85. The molecule has 1 aromatic rings. The molecule has 2 unspecified atom stereocenters. The molecule has 0 aromatic heterocycles. The molecule has 0 amide bonds. The highest BCUT2D eigenvalue weighted by Gasteiger charge is 2.11. The third-order valence-corrected chi connectivity index (χ3v) is 3.61. The molecular formula is C17H29NO2. The van der Waals surface area contributed by atoms with Gasteiger partial charge in [-0.05, 0) is 43.5 Å². The molecule has 20 heavy (non-hydrogen) atoms. The van der Waals surface area contributed by atoms with Crippen molar-refractivity contribution in [3.63, 3.8) is 0 Å². The van der Waals surface area contributed by atoms with Gasteiger partial charge in [-0.1, -0.05) is 33.3 Å². The van der Waals surface area contributed by atoms with Crippen LogP contribution in [0.1, 0.15) is 52.1 Å². The quantitative estimate of drug-likeness (QED) is 0.735. The summed E-state index contributed by atoms with van der Waals surface area (Å²) in [6.45, 7) is 10.5. The zero-order chi connectivity index (χ0) is 15.0. The van der Waals surface area contributed by atoms with Crippen molar-refractivity contribution >= 4 is 0 Å². The van der Waals surface area contributed by atoms with Crippen molar-refractivity contribution < 1.29 is 9.47 Å². The Morgan fingerprint density at radius 3 is 2.50 bits per heavy atom. The van der Waals surface area contributed by atoms with E-state index in [0.29, 0.717) is 12.0 Å². The lowest BCUT2D eigenvalue weighted by Crippen LogP contribution is -2.19. The summed E-state index contributed by atoms with van der Waals surface area (Å²) in [6, 6.07) is 6.52. The van der Waals surface area contributed by atoms with E-state index in [1.165, 1.54) is 5.56 Å². The number of hydrogen-bond donors (Lipinski definition) is 1. The summed E-state index contributed by atoms with van der Waals surface area (Å²) in [5.74, 6) is 2.21. The highest BCUT2D eigenvalue weighted by Crippen LogP contribution is 2.30. The minimum atomic E-state index is 0.326. The van der Waals surface area contributed by atoms with E-state index in [1.54, 1.807) is 7.11 Å². The molecule has 0 aliphatic heterocycles. The zero-order valence-corrected chi connectivity index (χ0v) is 13.5. The van der Waals surface area contributed by atoms with Crippen LogP contribution in [0.15, 0.2) is 18.2 Å². The van der Waals surface area contributed by atoms with Crippen LogP contribution in [0.3, 0.4) is 0 Å². The van der Waals surface area contributed by atoms with Crippen LogP contribution >= 0.6 is 0 Å². The minimum absolute atomic E-state index is 0.326. The van der Waals surface area contributed by atoms with Gasteiger partial charge in [-0.2, -0.15) is 0 Å². The monoisotopic (exact) mass is 279 g/mol. The molecular weight excluding hydrogens is 250 g/mol. The van der Waals surface area contributed by atoms with Gasteiger partial charge in [0.05, 0.1) is 13.7 Å². The highest BCUT2D eigenvalue weighted by atomic mass is 16.5. The van der Waals surface area contributed by atoms with Crippen LogP contribution < -0.4 is 14.8 Å². The van der Waals surface area contributed by atoms with E-state index in [1.807, 2.05) is 6.07 Å². The van der Waals surface area contributed by atoms with E-state index < -0.39 is 0 Å². The molecule has 0 spiro atoms. The van der Waals surface area contributed by atoms with Crippen molar-refractivity contribution in [3.05, 3.63) is 23.8 Å². The molecule has 0 heterocycles. The standard InChI is InChI=1S/C17H29NO2/c1-6-10-18-14(4)15-8-9-16(17(11-15)19-5)20-12-13(3)7-2/h8-9,11,13-14,18H,6-7,10,12H2,1-5H3. The van der Waals surface area contributed by atoms with Crippen LogP contribution in [0.4, 0.5) is 0 Å². The van der Waals surface area contributed by atoms with Gasteiger partial charge in [0, 0.05) is 6.04 Å². The molecule has 0 radical (unpaired) electrons. The summed E-state index contributed by atoms with van der Waals surface area (Å²) < 4.78 is 11.3. The summed E-state index contributed by atoms with van der Waals surface area (Å²) >= 11 is 0. The van der Waals surface area contributed by atoms with Crippen molar-refractivity contribution in [2.45, 2.75) is 46.6 Å². The predicted molar refractivity (Wildman–Crippen MR) is 84.7 cm³/mol. The Balaban J connectivity index is 2.74. The average molecular weight is 279 g/mol. The van der Waals surface area contributed by atoms with Crippen molar-refractivity contribution in [3.8, 4) is 11.5 Å². The van der Waals surface area contributed by atoms with Gasteiger partial charge in [-0.15, -0.1) is 0 Å². The number of ether oxygens (including phenoxy) is 2. The first kappa shape index (κ1) is 16.8. The SMILES string of the molecule is CCCNC(C)c1ccc(OCC(C)CC)c(OC)c1. The number of methoxy groups -OCH3 is 1. The lowest BCUT2D eigenvalue weighted by atomic mass is 10.1. The molecule has 1 rings (SSSR count). The average Bonchev–Trinajstić information content (AvgIpc) is 2.49. The fraction of sp³-hybridized carbons (Fsp3) is 0.647. The van der Waals surface area contributed by atoms with Gasteiger partial charge in [-0.3, -0.25) is 0 Å². The van der Waals surface area contributed by atoms with Crippen LogP contribution in [0, 0.1) is 5.92 Å². The highest BCUT2D eigenvalue weighted by molar-refractivity contribution is 5.43. The van der Waals surface area contributed by atoms with Gasteiger partial charge < -0.3 is 14.8 Å². The second-order valence-corrected chi connectivity index (χ2v) is 5.41. The van der Waals surface area contributed by atoms with Crippen LogP contribution in [-0.2, 0) is 0 Å². The Morgan fingerprint density at radius 1 is 1.15 bits per heavy atom. The zero-order valence-electron chi connectivity index (χ0n) is 13.5. The van der Waals surface area contributed by atoms with Crippen molar-refractivity contribution in [1.29, 1.82) is 0 Å². The first-order valence-electron chi connectivity index (χ1n) is 7.66. The van der Waals surface area contributed by atoms with Gasteiger partial charge in [0.15, 0.2) is 11.5 Å². The number of nitrogens with one attached hydrogen (secondary N) is 1.